The number of hydrogen-bond donors (Lipinski definition) is 3. The zero-order chi connectivity index (χ0) is 19.6. The van der Waals surface area contributed by atoms with Crippen LogP contribution < -0.4 is 15.4 Å². The molecule has 3 N–H and O–H groups in total. The summed E-state index contributed by atoms with van der Waals surface area (Å²) in [4.78, 5) is 8.61. The number of rotatable bonds is 9. The van der Waals surface area contributed by atoms with Gasteiger partial charge < -0.3 is 25.0 Å². The number of aliphatic hydroxyl groups excluding tert-OH is 1. The molecule has 148 valence electrons. The summed E-state index contributed by atoms with van der Waals surface area (Å²) in [6.07, 6.45) is 0.0350. The Kier molecular flexibility index (Phi) is 8.06. The number of nitrogens with zero attached hydrogens (tertiary/aromatic N) is 3. The molecule has 27 heavy (non-hydrogen) atoms. The Hall–Kier alpha value is -2.61. The van der Waals surface area contributed by atoms with Gasteiger partial charge in [-0.2, -0.15) is 4.98 Å². The van der Waals surface area contributed by atoms with Crippen LogP contribution >= 0.6 is 0 Å². The van der Waals surface area contributed by atoms with E-state index in [2.05, 4.69) is 25.8 Å². The zero-order valence-corrected chi connectivity index (χ0v) is 16.4. The fourth-order valence-electron chi connectivity index (χ4n) is 2.40. The lowest BCUT2D eigenvalue weighted by molar-refractivity contribution is 0.186. The van der Waals surface area contributed by atoms with Crippen LogP contribution in [0.2, 0.25) is 0 Å². The van der Waals surface area contributed by atoms with Crippen molar-refractivity contribution in [3.8, 4) is 5.75 Å². The van der Waals surface area contributed by atoms with Gasteiger partial charge in [0.1, 0.15) is 5.75 Å². The number of guanidine groups is 1. The Morgan fingerprint density at radius 3 is 2.59 bits per heavy atom. The summed E-state index contributed by atoms with van der Waals surface area (Å²) >= 11 is 0. The van der Waals surface area contributed by atoms with Crippen LogP contribution in [0, 0.1) is 6.92 Å². The van der Waals surface area contributed by atoms with Crippen molar-refractivity contribution in [3.05, 3.63) is 41.5 Å². The predicted molar refractivity (Wildman–Crippen MR) is 104 cm³/mol. The zero-order valence-electron chi connectivity index (χ0n) is 16.4. The molecule has 0 aliphatic heterocycles. The first-order chi connectivity index (χ1) is 13.0. The minimum Gasteiger partial charge on any atom is -0.491 e. The average Bonchev–Trinajstić information content (AvgIpc) is 3.04. The molecule has 2 aromatic rings. The van der Waals surface area contributed by atoms with Crippen molar-refractivity contribution >= 4 is 5.96 Å². The van der Waals surface area contributed by atoms with Gasteiger partial charge in [-0.15, -0.1) is 0 Å². The van der Waals surface area contributed by atoms with Gasteiger partial charge in [-0.05, 0) is 45.4 Å². The molecule has 0 amide bonds. The Morgan fingerprint density at radius 1 is 1.26 bits per heavy atom. The molecule has 8 heteroatoms. The largest absolute Gasteiger partial charge is 0.491 e. The van der Waals surface area contributed by atoms with Crippen LogP contribution in [-0.4, -0.2) is 46.9 Å². The first-order valence-electron chi connectivity index (χ1n) is 9.24. The standard InChI is InChI=1S/C19H29N5O3/c1-5-20-19(21-11-10-18-23-14(4)24-27-18)22-12-17(25)15-6-8-16(9-7-15)26-13(2)3/h6-9,13,17,25H,5,10-12H2,1-4H3,(H2,20,21,22). The molecule has 1 unspecified atom stereocenters. The molecule has 0 saturated heterocycles. The SMILES string of the molecule is CCNC(=NCC(O)c1ccc(OC(C)C)cc1)NCCc1nc(C)no1. The molecule has 0 bridgehead atoms. The molecular weight excluding hydrogens is 346 g/mol. The number of aliphatic hydroxyl groups is 1. The van der Waals surface area contributed by atoms with Gasteiger partial charge in [-0.3, -0.25) is 4.99 Å². The molecular formula is C19H29N5O3. The Morgan fingerprint density at radius 2 is 2.00 bits per heavy atom. The number of nitrogens with one attached hydrogen (secondary N) is 2. The number of ether oxygens (including phenoxy) is 1. The Bertz CT molecular complexity index is 712. The highest BCUT2D eigenvalue weighted by molar-refractivity contribution is 5.79. The van der Waals surface area contributed by atoms with E-state index in [-0.39, 0.29) is 12.6 Å². The van der Waals surface area contributed by atoms with Crippen LogP contribution in [0.15, 0.2) is 33.8 Å². The molecule has 1 aromatic heterocycles. The molecule has 0 saturated carbocycles. The van der Waals surface area contributed by atoms with E-state index in [4.69, 9.17) is 9.26 Å². The van der Waals surface area contributed by atoms with Gasteiger partial charge in [-0.1, -0.05) is 17.3 Å². The van der Waals surface area contributed by atoms with Crippen molar-refractivity contribution in [2.24, 2.45) is 4.99 Å². The summed E-state index contributed by atoms with van der Waals surface area (Å²) in [6, 6.07) is 7.43. The smallest absolute Gasteiger partial charge is 0.228 e. The van der Waals surface area contributed by atoms with Gasteiger partial charge >= 0.3 is 0 Å². The second kappa shape index (κ2) is 10.5. The van der Waals surface area contributed by atoms with Gasteiger partial charge in [0.2, 0.25) is 5.89 Å². The summed E-state index contributed by atoms with van der Waals surface area (Å²) in [7, 11) is 0. The van der Waals surface area contributed by atoms with Crippen LogP contribution in [0.1, 0.15) is 44.2 Å². The van der Waals surface area contributed by atoms with Gasteiger partial charge in [0.25, 0.3) is 0 Å². The monoisotopic (exact) mass is 375 g/mol. The third-order valence-electron chi connectivity index (χ3n) is 3.60. The van der Waals surface area contributed by atoms with Crippen molar-refractivity contribution in [2.75, 3.05) is 19.6 Å². The van der Waals surface area contributed by atoms with Crippen LogP contribution in [0.3, 0.4) is 0 Å². The molecule has 1 atom stereocenters. The number of benzene rings is 1. The van der Waals surface area contributed by atoms with Gasteiger partial charge in [0, 0.05) is 19.5 Å². The van der Waals surface area contributed by atoms with Crippen LogP contribution in [0.4, 0.5) is 0 Å². The van der Waals surface area contributed by atoms with Crippen molar-refractivity contribution in [2.45, 2.75) is 46.3 Å². The van der Waals surface area contributed by atoms with E-state index in [1.54, 1.807) is 6.92 Å². The lowest BCUT2D eigenvalue weighted by Crippen LogP contribution is -2.38. The number of hydrogen-bond acceptors (Lipinski definition) is 6. The van der Waals surface area contributed by atoms with E-state index < -0.39 is 6.10 Å². The molecule has 0 spiro atoms. The third kappa shape index (κ3) is 7.26. The first-order valence-corrected chi connectivity index (χ1v) is 9.24. The van der Waals surface area contributed by atoms with Crippen LogP contribution in [0.5, 0.6) is 5.75 Å². The van der Waals surface area contributed by atoms with Crippen molar-refractivity contribution in [3.63, 3.8) is 0 Å². The number of aromatic nitrogens is 2. The van der Waals surface area contributed by atoms with Gasteiger partial charge in [-0.25, -0.2) is 0 Å². The maximum Gasteiger partial charge on any atom is 0.228 e. The predicted octanol–water partition coefficient (Wildman–Crippen LogP) is 2.00. The molecule has 8 nitrogen and oxygen atoms in total. The molecule has 0 radical (unpaired) electrons. The van der Waals surface area contributed by atoms with E-state index in [9.17, 15) is 5.11 Å². The van der Waals surface area contributed by atoms with E-state index in [1.165, 1.54) is 0 Å². The summed E-state index contributed by atoms with van der Waals surface area (Å²) in [5, 5.41) is 20.5. The minimum atomic E-state index is -0.688. The fourth-order valence-corrected chi connectivity index (χ4v) is 2.40. The highest BCUT2D eigenvalue weighted by Gasteiger charge is 2.09. The highest BCUT2D eigenvalue weighted by atomic mass is 16.5. The fraction of sp³-hybridized carbons (Fsp3) is 0.526. The summed E-state index contributed by atoms with van der Waals surface area (Å²) in [6.45, 7) is 9.31. The molecule has 0 aliphatic carbocycles. The quantitative estimate of drug-likeness (QED) is 0.455. The van der Waals surface area contributed by atoms with Crippen molar-refractivity contribution < 1.29 is 14.4 Å². The molecule has 1 heterocycles. The maximum absolute atomic E-state index is 10.4. The van der Waals surface area contributed by atoms with Crippen LogP contribution in [-0.2, 0) is 6.42 Å². The van der Waals surface area contributed by atoms with E-state index >= 15 is 0 Å². The normalized spacial score (nSPS) is 12.9. The minimum absolute atomic E-state index is 0.121. The average molecular weight is 375 g/mol. The topological polar surface area (TPSA) is 105 Å². The Balaban J connectivity index is 1.86. The highest BCUT2D eigenvalue weighted by Crippen LogP contribution is 2.19. The van der Waals surface area contributed by atoms with E-state index in [1.807, 2.05) is 45.0 Å². The molecule has 2 rings (SSSR count). The van der Waals surface area contributed by atoms with E-state index in [0.29, 0.717) is 30.6 Å². The number of aryl methyl sites for hydroxylation is 1. The maximum atomic E-state index is 10.4. The number of aliphatic imine (C=N–C) groups is 1. The van der Waals surface area contributed by atoms with Crippen molar-refractivity contribution in [1.29, 1.82) is 0 Å². The molecule has 1 aromatic carbocycles. The Labute approximate surface area is 160 Å². The van der Waals surface area contributed by atoms with Gasteiger partial charge in [0.15, 0.2) is 11.8 Å². The summed E-state index contributed by atoms with van der Waals surface area (Å²) < 4.78 is 10.7. The molecule has 0 fully saturated rings. The van der Waals surface area contributed by atoms with Gasteiger partial charge in [0.05, 0.1) is 18.8 Å². The second-order valence-electron chi connectivity index (χ2n) is 6.38. The second-order valence-corrected chi connectivity index (χ2v) is 6.38. The summed E-state index contributed by atoms with van der Waals surface area (Å²) in [5.41, 5.74) is 0.798. The lowest BCUT2D eigenvalue weighted by Gasteiger charge is -2.14. The molecule has 0 aliphatic rings. The van der Waals surface area contributed by atoms with Crippen LogP contribution in [0.25, 0.3) is 0 Å². The first kappa shape index (κ1) is 20.7. The third-order valence-corrected chi connectivity index (χ3v) is 3.60. The van der Waals surface area contributed by atoms with E-state index in [0.717, 1.165) is 17.9 Å². The lowest BCUT2D eigenvalue weighted by atomic mass is 10.1. The van der Waals surface area contributed by atoms with Crippen molar-refractivity contribution in [1.82, 2.24) is 20.8 Å². The summed E-state index contributed by atoms with van der Waals surface area (Å²) in [5.74, 6) is 2.63.